The molecule has 3 unspecified atom stereocenters. The van der Waals surface area contributed by atoms with Gasteiger partial charge in [0.25, 0.3) is 0 Å². The van der Waals surface area contributed by atoms with Crippen LogP contribution in [0.4, 0.5) is 0 Å². The first-order chi connectivity index (χ1) is 10.1. The summed E-state index contributed by atoms with van der Waals surface area (Å²) in [4.78, 5) is 11.0. The van der Waals surface area contributed by atoms with Gasteiger partial charge in [-0.1, -0.05) is 19.9 Å². The molecular formula is C18H26O3. The predicted octanol–water partition coefficient (Wildman–Crippen LogP) is 4.25. The SMILES string of the molecule is CCOc1ccc(C(CC)CC2CC2C(=O)O)c(CC)c1. The lowest BCUT2D eigenvalue weighted by Gasteiger charge is -2.20. The molecule has 1 aliphatic rings. The molecule has 2 rings (SSSR count). The van der Waals surface area contributed by atoms with E-state index in [2.05, 4.69) is 26.0 Å². The fraction of sp³-hybridized carbons (Fsp3) is 0.611. The summed E-state index contributed by atoms with van der Waals surface area (Å²) < 4.78 is 5.58. The van der Waals surface area contributed by atoms with Crippen molar-refractivity contribution in [2.75, 3.05) is 6.61 Å². The number of aryl methyl sites for hydroxylation is 1. The van der Waals surface area contributed by atoms with Crippen LogP contribution in [0.25, 0.3) is 0 Å². The summed E-state index contributed by atoms with van der Waals surface area (Å²) in [5, 5.41) is 9.06. The monoisotopic (exact) mass is 290 g/mol. The van der Waals surface area contributed by atoms with Gasteiger partial charge in [-0.2, -0.15) is 0 Å². The Hall–Kier alpha value is -1.51. The van der Waals surface area contributed by atoms with Crippen molar-refractivity contribution in [3.05, 3.63) is 29.3 Å². The van der Waals surface area contributed by atoms with E-state index in [1.54, 1.807) is 0 Å². The van der Waals surface area contributed by atoms with Gasteiger partial charge in [-0.3, -0.25) is 4.79 Å². The van der Waals surface area contributed by atoms with Crippen molar-refractivity contribution in [2.24, 2.45) is 11.8 Å². The smallest absolute Gasteiger partial charge is 0.306 e. The second kappa shape index (κ2) is 6.97. The Balaban J connectivity index is 2.12. The summed E-state index contributed by atoms with van der Waals surface area (Å²) in [6.45, 7) is 7.03. The topological polar surface area (TPSA) is 46.5 Å². The van der Waals surface area contributed by atoms with Crippen LogP contribution in [0, 0.1) is 11.8 Å². The molecule has 1 fully saturated rings. The standard InChI is InChI=1S/C18H26O3/c1-4-12(9-14-11-17(14)18(19)20)16-8-7-15(21-6-3)10-13(16)5-2/h7-8,10,12,14,17H,4-6,9,11H2,1-3H3,(H,19,20). The van der Waals surface area contributed by atoms with E-state index in [1.165, 1.54) is 11.1 Å². The summed E-state index contributed by atoms with van der Waals surface area (Å²) in [5.41, 5.74) is 2.71. The maximum Gasteiger partial charge on any atom is 0.306 e. The molecule has 0 radical (unpaired) electrons. The van der Waals surface area contributed by atoms with Gasteiger partial charge in [0.1, 0.15) is 5.75 Å². The lowest BCUT2D eigenvalue weighted by Crippen LogP contribution is -2.06. The van der Waals surface area contributed by atoms with Crippen molar-refractivity contribution < 1.29 is 14.6 Å². The van der Waals surface area contributed by atoms with E-state index < -0.39 is 5.97 Å². The summed E-state index contributed by atoms with van der Waals surface area (Å²) in [5.74, 6) is 1.03. The fourth-order valence-corrected chi connectivity index (χ4v) is 3.23. The van der Waals surface area contributed by atoms with Gasteiger partial charge in [0.2, 0.25) is 0 Å². The lowest BCUT2D eigenvalue weighted by atomic mass is 9.86. The molecule has 0 aliphatic heterocycles. The zero-order chi connectivity index (χ0) is 15.4. The summed E-state index contributed by atoms with van der Waals surface area (Å²) >= 11 is 0. The Bertz CT molecular complexity index is 495. The molecule has 3 heteroatoms. The molecule has 1 aliphatic carbocycles. The molecule has 0 bridgehead atoms. The van der Waals surface area contributed by atoms with Gasteiger partial charge < -0.3 is 9.84 Å². The number of aliphatic carboxylic acids is 1. The van der Waals surface area contributed by atoms with Gasteiger partial charge in [0.05, 0.1) is 12.5 Å². The first-order valence-electron chi connectivity index (χ1n) is 8.09. The van der Waals surface area contributed by atoms with Gasteiger partial charge in [-0.05, 0) is 67.7 Å². The average molecular weight is 290 g/mol. The second-order valence-corrected chi connectivity index (χ2v) is 5.93. The number of ether oxygens (including phenoxy) is 1. The number of benzene rings is 1. The van der Waals surface area contributed by atoms with Crippen LogP contribution in [0.15, 0.2) is 18.2 Å². The van der Waals surface area contributed by atoms with Crippen molar-refractivity contribution in [1.29, 1.82) is 0 Å². The van der Waals surface area contributed by atoms with Crippen molar-refractivity contribution in [1.82, 2.24) is 0 Å². The Morgan fingerprint density at radius 3 is 2.67 bits per heavy atom. The van der Waals surface area contributed by atoms with Gasteiger partial charge in [0.15, 0.2) is 0 Å². The number of hydrogen-bond acceptors (Lipinski definition) is 2. The Morgan fingerprint density at radius 2 is 2.14 bits per heavy atom. The first kappa shape index (κ1) is 15.9. The molecule has 1 aromatic rings. The summed E-state index contributed by atoms with van der Waals surface area (Å²) in [7, 11) is 0. The third-order valence-electron chi connectivity index (χ3n) is 4.57. The minimum absolute atomic E-state index is 0.105. The first-order valence-corrected chi connectivity index (χ1v) is 8.09. The lowest BCUT2D eigenvalue weighted by molar-refractivity contribution is -0.138. The van der Waals surface area contributed by atoms with Crippen LogP contribution in [0.3, 0.4) is 0 Å². The van der Waals surface area contributed by atoms with Crippen molar-refractivity contribution in [2.45, 2.75) is 52.4 Å². The van der Waals surface area contributed by atoms with E-state index in [9.17, 15) is 4.79 Å². The van der Waals surface area contributed by atoms with Gasteiger partial charge in [-0.15, -0.1) is 0 Å². The molecule has 1 N–H and O–H groups in total. The molecule has 21 heavy (non-hydrogen) atoms. The molecule has 0 saturated heterocycles. The molecule has 0 amide bonds. The highest BCUT2D eigenvalue weighted by atomic mass is 16.5. The summed E-state index contributed by atoms with van der Waals surface area (Å²) in [6, 6.07) is 6.36. The van der Waals surface area contributed by atoms with E-state index in [-0.39, 0.29) is 5.92 Å². The number of hydrogen-bond donors (Lipinski definition) is 1. The molecule has 0 aromatic heterocycles. The Labute approximate surface area is 127 Å². The summed E-state index contributed by atoms with van der Waals surface area (Å²) in [6.07, 6.45) is 3.89. The molecule has 116 valence electrons. The fourth-order valence-electron chi connectivity index (χ4n) is 3.23. The van der Waals surface area contributed by atoms with Crippen LogP contribution in [0.5, 0.6) is 5.75 Å². The Morgan fingerprint density at radius 1 is 1.38 bits per heavy atom. The molecule has 0 spiro atoms. The molecule has 3 atom stereocenters. The van der Waals surface area contributed by atoms with Gasteiger partial charge in [-0.25, -0.2) is 0 Å². The quantitative estimate of drug-likeness (QED) is 0.778. The molecule has 1 aromatic carbocycles. The third kappa shape index (κ3) is 3.78. The maximum atomic E-state index is 11.0. The van der Waals surface area contributed by atoms with E-state index >= 15 is 0 Å². The predicted molar refractivity (Wildman–Crippen MR) is 83.9 cm³/mol. The van der Waals surface area contributed by atoms with Crippen LogP contribution >= 0.6 is 0 Å². The van der Waals surface area contributed by atoms with E-state index in [0.29, 0.717) is 18.4 Å². The highest BCUT2D eigenvalue weighted by molar-refractivity contribution is 5.73. The molecule has 1 saturated carbocycles. The zero-order valence-electron chi connectivity index (χ0n) is 13.3. The third-order valence-corrected chi connectivity index (χ3v) is 4.57. The highest BCUT2D eigenvalue weighted by Crippen LogP contribution is 2.46. The van der Waals surface area contributed by atoms with Crippen molar-refractivity contribution in [3.8, 4) is 5.75 Å². The van der Waals surface area contributed by atoms with Crippen molar-refractivity contribution in [3.63, 3.8) is 0 Å². The maximum absolute atomic E-state index is 11.0. The van der Waals surface area contributed by atoms with Crippen LogP contribution in [0.2, 0.25) is 0 Å². The molecule has 0 heterocycles. The number of carboxylic acids is 1. The van der Waals surface area contributed by atoms with Crippen LogP contribution < -0.4 is 4.74 Å². The van der Waals surface area contributed by atoms with Gasteiger partial charge >= 0.3 is 5.97 Å². The van der Waals surface area contributed by atoms with Crippen LogP contribution in [0.1, 0.15) is 57.1 Å². The molecular weight excluding hydrogens is 264 g/mol. The van der Waals surface area contributed by atoms with Crippen LogP contribution in [-0.2, 0) is 11.2 Å². The van der Waals surface area contributed by atoms with E-state index in [1.807, 2.05) is 13.0 Å². The van der Waals surface area contributed by atoms with Crippen LogP contribution in [-0.4, -0.2) is 17.7 Å². The van der Waals surface area contributed by atoms with Gasteiger partial charge in [0, 0.05) is 0 Å². The van der Waals surface area contributed by atoms with Crippen molar-refractivity contribution >= 4 is 5.97 Å². The largest absolute Gasteiger partial charge is 0.494 e. The van der Waals surface area contributed by atoms with E-state index in [0.717, 1.165) is 31.4 Å². The minimum atomic E-state index is -0.628. The van der Waals surface area contributed by atoms with E-state index in [4.69, 9.17) is 9.84 Å². The Kier molecular flexibility index (Phi) is 5.27. The molecule has 3 nitrogen and oxygen atoms in total. The second-order valence-electron chi connectivity index (χ2n) is 5.93. The zero-order valence-corrected chi connectivity index (χ0v) is 13.3. The average Bonchev–Trinajstić information content (AvgIpc) is 3.25. The normalized spacial score (nSPS) is 21.9. The highest BCUT2D eigenvalue weighted by Gasteiger charge is 2.43. The number of carboxylic acid groups (broad SMARTS) is 1. The minimum Gasteiger partial charge on any atom is -0.494 e. The number of rotatable bonds is 8. The number of carbonyl (C=O) groups is 1.